The van der Waals surface area contributed by atoms with Crippen LogP contribution in [0.5, 0.6) is 0 Å². The number of rotatable bonds is 5. The van der Waals surface area contributed by atoms with Crippen molar-refractivity contribution in [2.75, 3.05) is 6.61 Å². The van der Waals surface area contributed by atoms with E-state index in [0.29, 0.717) is 6.61 Å². The van der Waals surface area contributed by atoms with E-state index in [1.165, 1.54) is 0 Å². The molecule has 13 heavy (non-hydrogen) atoms. The molecule has 0 heterocycles. The Labute approximate surface area is 81.6 Å². The van der Waals surface area contributed by atoms with Crippen molar-refractivity contribution < 1.29 is 9.84 Å². The molecule has 0 atom stereocenters. The molecule has 0 spiro atoms. The molecule has 0 aliphatic heterocycles. The highest BCUT2D eigenvalue weighted by atomic mass is 16.5. The van der Waals surface area contributed by atoms with Crippen LogP contribution < -0.4 is 0 Å². The monoisotopic (exact) mass is 186 g/mol. The van der Waals surface area contributed by atoms with Crippen molar-refractivity contribution in [2.45, 2.75) is 52.2 Å². The third-order valence-electron chi connectivity index (χ3n) is 2.47. The molecule has 0 aromatic heterocycles. The van der Waals surface area contributed by atoms with Gasteiger partial charge in [0.2, 0.25) is 0 Å². The quantitative estimate of drug-likeness (QED) is 0.668. The van der Waals surface area contributed by atoms with Gasteiger partial charge >= 0.3 is 0 Å². The smallest absolute Gasteiger partial charge is 0.0906 e. The van der Waals surface area contributed by atoms with Gasteiger partial charge in [-0.15, -0.1) is 6.58 Å². The number of hydrogen-bond donors (Lipinski definition) is 1. The third kappa shape index (κ3) is 4.44. The lowest BCUT2D eigenvalue weighted by atomic mass is 9.89. The van der Waals surface area contributed by atoms with Crippen molar-refractivity contribution in [1.29, 1.82) is 0 Å². The van der Waals surface area contributed by atoms with Crippen LogP contribution in [0.2, 0.25) is 0 Å². The Morgan fingerprint density at radius 2 is 1.77 bits per heavy atom. The van der Waals surface area contributed by atoms with Gasteiger partial charge in [0.25, 0.3) is 0 Å². The molecule has 0 rings (SSSR count). The number of hydrogen-bond acceptors (Lipinski definition) is 2. The summed E-state index contributed by atoms with van der Waals surface area (Å²) in [5.74, 6) is 0. The molecule has 0 unspecified atom stereocenters. The first-order chi connectivity index (χ1) is 5.67. The maximum absolute atomic E-state index is 9.76. The van der Waals surface area contributed by atoms with Gasteiger partial charge in [0.15, 0.2) is 0 Å². The van der Waals surface area contributed by atoms with Crippen LogP contribution in [0, 0.1) is 0 Å². The Balaban J connectivity index is 3.97. The Bertz CT molecular complexity index is 175. The van der Waals surface area contributed by atoms with Gasteiger partial charge in [0, 0.05) is 0 Å². The first-order valence-corrected chi connectivity index (χ1v) is 4.67. The molecule has 2 nitrogen and oxygen atoms in total. The van der Waals surface area contributed by atoms with E-state index in [1.54, 1.807) is 13.8 Å². The van der Waals surface area contributed by atoms with Crippen LogP contribution in [0.3, 0.4) is 0 Å². The minimum atomic E-state index is -0.817. The lowest BCUT2D eigenvalue weighted by molar-refractivity contribution is -0.146. The number of aliphatic hydroxyl groups is 1. The van der Waals surface area contributed by atoms with Gasteiger partial charge in [-0.2, -0.15) is 0 Å². The molecule has 0 bridgehead atoms. The van der Waals surface area contributed by atoms with E-state index in [9.17, 15) is 5.11 Å². The van der Waals surface area contributed by atoms with Crippen molar-refractivity contribution in [1.82, 2.24) is 0 Å². The van der Waals surface area contributed by atoms with Gasteiger partial charge in [-0.05, 0) is 41.0 Å². The van der Waals surface area contributed by atoms with Crippen LogP contribution in [-0.4, -0.2) is 22.9 Å². The van der Waals surface area contributed by atoms with Crippen LogP contribution in [-0.2, 0) is 4.74 Å². The van der Waals surface area contributed by atoms with Gasteiger partial charge in [0.05, 0.1) is 17.8 Å². The average Bonchev–Trinajstić information content (AvgIpc) is 1.82. The van der Waals surface area contributed by atoms with E-state index >= 15 is 0 Å². The molecule has 0 aromatic rings. The molecule has 2 heteroatoms. The summed E-state index contributed by atoms with van der Waals surface area (Å²) in [6.45, 7) is 13.7. The van der Waals surface area contributed by atoms with Crippen molar-refractivity contribution in [3.63, 3.8) is 0 Å². The second kappa shape index (κ2) is 4.25. The Morgan fingerprint density at radius 1 is 1.31 bits per heavy atom. The summed E-state index contributed by atoms with van der Waals surface area (Å²) in [7, 11) is 0. The largest absolute Gasteiger partial charge is 0.387 e. The fourth-order valence-corrected chi connectivity index (χ4v) is 0.657. The summed E-state index contributed by atoms with van der Waals surface area (Å²) in [6, 6.07) is 0. The topological polar surface area (TPSA) is 29.5 Å². The molecule has 0 saturated heterocycles. The lowest BCUT2D eigenvalue weighted by Gasteiger charge is -2.37. The minimum absolute atomic E-state index is 0.511. The van der Waals surface area contributed by atoms with Crippen LogP contribution in [0.25, 0.3) is 0 Å². The summed E-state index contributed by atoms with van der Waals surface area (Å²) in [5, 5.41) is 9.76. The van der Waals surface area contributed by atoms with E-state index < -0.39 is 11.2 Å². The Hall–Kier alpha value is -0.340. The molecule has 0 saturated carbocycles. The maximum Gasteiger partial charge on any atom is 0.0906 e. The van der Waals surface area contributed by atoms with E-state index in [0.717, 1.165) is 12.0 Å². The van der Waals surface area contributed by atoms with Gasteiger partial charge in [-0.1, -0.05) is 5.57 Å². The second-order valence-corrected chi connectivity index (χ2v) is 4.62. The fraction of sp³-hybridized carbons (Fsp3) is 0.818. The van der Waals surface area contributed by atoms with Gasteiger partial charge in [-0.3, -0.25) is 0 Å². The van der Waals surface area contributed by atoms with Crippen LogP contribution in [0.15, 0.2) is 12.2 Å². The van der Waals surface area contributed by atoms with E-state index in [2.05, 4.69) is 6.58 Å². The molecule has 0 aliphatic carbocycles. The molecule has 0 aromatic carbocycles. The molecule has 1 N–H and O–H groups in total. The highest BCUT2D eigenvalue weighted by molar-refractivity contribution is 4.90. The minimum Gasteiger partial charge on any atom is -0.387 e. The Morgan fingerprint density at radius 3 is 2.08 bits per heavy atom. The van der Waals surface area contributed by atoms with Crippen LogP contribution in [0.1, 0.15) is 41.0 Å². The van der Waals surface area contributed by atoms with Crippen LogP contribution >= 0.6 is 0 Å². The molecular weight excluding hydrogens is 164 g/mol. The summed E-state index contributed by atoms with van der Waals surface area (Å²) in [4.78, 5) is 0. The molecule has 78 valence electrons. The molecule has 0 amide bonds. The molecular formula is C11H22O2. The van der Waals surface area contributed by atoms with Crippen molar-refractivity contribution >= 4 is 0 Å². The standard InChI is InChI=1S/C11H22O2/c1-9(2)7-8-13-11(5,6)10(3,4)12/h12H,1,7-8H2,2-6H3. The molecule has 0 aliphatic rings. The highest BCUT2D eigenvalue weighted by Gasteiger charge is 2.35. The lowest BCUT2D eigenvalue weighted by Crippen LogP contribution is -2.47. The zero-order valence-electron chi connectivity index (χ0n) is 9.48. The first-order valence-electron chi connectivity index (χ1n) is 4.67. The van der Waals surface area contributed by atoms with E-state index in [4.69, 9.17) is 4.74 Å². The van der Waals surface area contributed by atoms with Gasteiger partial charge in [0.1, 0.15) is 0 Å². The third-order valence-corrected chi connectivity index (χ3v) is 2.47. The SMILES string of the molecule is C=C(C)CCOC(C)(C)C(C)(C)O. The normalized spacial score (nSPS) is 13.1. The fourth-order valence-electron chi connectivity index (χ4n) is 0.657. The van der Waals surface area contributed by atoms with Crippen molar-refractivity contribution in [3.8, 4) is 0 Å². The number of ether oxygens (including phenoxy) is 1. The molecule has 0 fully saturated rings. The molecule has 0 radical (unpaired) electrons. The van der Waals surface area contributed by atoms with Crippen LogP contribution in [0.4, 0.5) is 0 Å². The van der Waals surface area contributed by atoms with Gasteiger partial charge < -0.3 is 9.84 Å². The summed E-state index contributed by atoms with van der Waals surface area (Å²) < 4.78 is 5.59. The predicted molar refractivity (Wildman–Crippen MR) is 55.8 cm³/mol. The average molecular weight is 186 g/mol. The summed E-state index contributed by atoms with van der Waals surface area (Å²) in [6.07, 6.45) is 0.847. The summed E-state index contributed by atoms with van der Waals surface area (Å²) in [5.41, 5.74) is -0.226. The summed E-state index contributed by atoms with van der Waals surface area (Å²) >= 11 is 0. The predicted octanol–water partition coefficient (Wildman–Crippen LogP) is 2.52. The first kappa shape index (κ1) is 12.7. The zero-order valence-corrected chi connectivity index (χ0v) is 9.48. The van der Waals surface area contributed by atoms with E-state index in [1.807, 2.05) is 20.8 Å². The van der Waals surface area contributed by atoms with E-state index in [-0.39, 0.29) is 0 Å². The highest BCUT2D eigenvalue weighted by Crippen LogP contribution is 2.25. The van der Waals surface area contributed by atoms with Crippen molar-refractivity contribution in [3.05, 3.63) is 12.2 Å². The maximum atomic E-state index is 9.76. The van der Waals surface area contributed by atoms with Crippen molar-refractivity contribution in [2.24, 2.45) is 0 Å². The Kier molecular flexibility index (Phi) is 4.14. The second-order valence-electron chi connectivity index (χ2n) is 4.62. The van der Waals surface area contributed by atoms with Gasteiger partial charge in [-0.25, -0.2) is 0 Å². The zero-order chi connectivity index (χ0) is 10.7.